The molecular formula is C16H19FN2O2. The van der Waals surface area contributed by atoms with Crippen molar-refractivity contribution in [2.75, 3.05) is 6.61 Å². The van der Waals surface area contributed by atoms with E-state index in [0.717, 1.165) is 38.7 Å². The maximum absolute atomic E-state index is 13.6. The van der Waals surface area contributed by atoms with Gasteiger partial charge in [-0.2, -0.15) is 0 Å². The van der Waals surface area contributed by atoms with Crippen molar-refractivity contribution in [3.8, 4) is 0 Å². The zero-order valence-corrected chi connectivity index (χ0v) is 11.9. The minimum absolute atomic E-state index is 0.151. The normalized spacial score (nSPS) is 18.4. The molecule has 1 aromatic heterocycles. The van der Waals surface area contributed by atoms with Crippen LogP contribution in [-0.2, 0) is 11.3 Å². The Morgan fingerprint density at radius 3 is 3.10 bits per heavy atom. The first-order valence-corrected chi connectivity index (χ1v) is 7.51. The third-order valence-corrected chi connectivity index (χ3v) is 4.00. The molecule has 1 aliphatic rings. The van der Waals surface area contributed by atoms with Crippen LogP contribution in [0.1, 0.15) is 32.1 Å². The van der Waals surface area contributed by atoms with E-state index >= 15 is 0 Å². The molecule has 0 saturated carbocycles. The van der Waals surface area contributed by atoms with Crippen molar-refractivity contribution in [2.45, 2.75) is 44.8 Å². The minimum Gasteiger partial charge on any atom is -0.378 e. The number of hydrogen-bond donors (Lipinski definition) is 0. The zero-order valence-electron chi connectivity index (χ0n) is 11.9. The Kier molecular flexibility index (Phi) is 4.29. The molecule has 21 heavy (non-hydrogen) atoms. The molecule has 0 N–H and O–H groups in total. The van der Waals surface area contributed by atoms with Crippen LogP contribution in [0.4, 0.5) is 4.39 Å². The smallest absolute Gasteiger partial charge is 0.261 e. The van der Waals surface area contributed by atoms with E-state index in [1.165, 1.54) is 12.4 Å². The molecule has 1 fully saturated rings. The Morgan fingerprint density at radius 1 is 1.38 bits per heavy atom. The highest BCUT2D eigenvalue weighted by molar-refractivity contribution is 5.77. The van der Waals surface area contributed by atoms with Crippen LogP contribution in [-0.4, -0.2) is 22.3 Å². The van der Waals surface area contributed by atoms with Crippen LogP contribution >= 0.6 is 0 Å². The minimum atomic E-state index is -0.449. The molecule has 0 aliphatic carbocycles. The summed E-state index contributed by atoms with van der Waals surface area (Å²) < 4.78 is 20.7. The van der Waals surface area contributed by atoms with Gasteiger partial charge in [0, 0.05) is 13.2 Å². The molecule has 1 aromatic carbocycles. The molecule has 1 atom stereocenters. The summed E-state index contributed by atoms with van der Waals surface area (Å²) >= 11 is 0. The molecule has 112 valence electrons. The van der Waals surface area contributed by atoms with E-state index in [1.807, 2.05) is 0 Å². The molecule has 2 heterocycles. The van der Waals surface area contributed by atoms with Gasteiger partial charge in [-0.15, -0.1) is 0 Å². The Hall–Kier alpha value is -1.75. The Labute approximate surface area is 122 Å². The third kappa shape index (κ3) is 3.13. The lowest BCUT2D eigenvalue weighted by Crippen LogP contribution is -2.21. The van der Waals surface area contributed by atoms with Gasteiger partial charge in [-0.25, -0.2) is 9.37 Å². The van der Waals surface area contributed by atoms with Crippen LogP contribution in [0.25, 0.3) is 10.9 Å². The third-order valence-electron chi connectivity index (χ3n) is 4.00. The van der Waals surface area contributed by atoms with E-state index in [4.69, 9.17) is 4.74 Å². The lowest BCUT2D eigenvalue weighted by Gasteiger charge is -2.10. The van der Waals surface area contributed by atoms with Crippen molar-refractivity contribution >= 4 is 10.9 Å². The van der Waals surface area contributed by atoms with Gasteiger partial charge >= 0.3 is 0 Å². The second-order valence-electron chi connectivity index (χ2n) is 5.51. The van der Waals surface area contributed by atoms with E-state index < -0.39 is 5.82 Å². The molecule has 5 heteroatoms. The van der Waals surface area contributed by atoms with E-state index in [9.17, 15) is 9.18 Å². The highest BCUT2D eigenvalue weighted by Crippen LogP contribution is 2.18. The van der Waals surface area contributed by atoms with Gasteiger partial charge in [-0.3, -0.25) is 9.36 Å². The average molecular weight is 290 g/mol. The van der Waals surface area contributed by atoms with Crippen molar-refractivity contribution in [2.24, 2.45) is 0 Å². The number of halogens is 1. The van der Waals surface area contributed by atoms with Crippen LogP contribution in [0.3, 0.4) is 0 Å². The number of aryl methyl sites for hydroxylation is 1. The largest absolute Gasteiger partial charge is 0.378 e. The average Bonchev–Trinajstić information content (AvgIpc) is 3.00. The number of para-hydroxylation sites is 1. The first-order valence-electron chi connectivity index (χ1n) is 7.51. The van der Waals surface area contributed by atoms with Gasteiger partial charge in [0.25, 0.3) is 5.56 Å². The molecular weight excluding hydrogens is 271 g/mol. The van der Waals surface area contributed by atoms with Crippen LogP contribution in [0, 0.1) is 5.82 Å². The summed E-state index contributed by atoms with van der Waals surface area (Å²) in [7, 11) is 0. The standard InChI is InChI=1S/C16H19FN2O2/c17-14-8-3-7-13-15(14)18-11-19(16(13)20)9-2-1-5-12-6-4-10-21-12/h3,7-8,11-12H,1-2,4-6,9-10H2. The van der Waals surface area contributed by atoms with Crippen LogP contribution in [0.15, 0.2) is 29.3 Å². The maximum Gasteiger partial charge on any atom is 0.261 e. The molecule has 3 rings (SSSR count). The van der Waals surface area contributed by atoms with Crippen molar-refractivity contribution in [1.82, 2.24) is 9.55 Å². The predicted octanol–water partition coefficient (Wildman–Crippen LogP) is 2.88. The van der Waals surface area contributed by atoms with Crippen LogP contribution in [0.5, 0.6) is 0 Å². The van der Waals surface area contributed by atoms with E-state index in [2.05, 4.69) is 4.98 Å². The first-order chi connectivity index (χ1) is 10.3. The topological polar surface area (TPSA) is 44.1 Å². The zero-order chi connectivity index (χ0) is 14.7. The molecule has 1 unspecified atom stereocenters. The summed E-state index contributed by atoms with van der Waals surface area (Å²) in [6, 6.07) is 4.49. The molecule has 0 spiro atoms. The first kappa shape index (κ1) is 14.2. The molecule has 4 nitrogen and oxygen atoms in total. The number of benzene rings is 1. The number of aromatic nitrogens is 2. The number of rotatable bonds is 5. The van der Waals surface area contributed by atoms with Crippen molar-refractivity contribution in [3.05, 3.63) is 40.7 Å². The van der Waals surface area contributed by atoms with Gasteiger partial charge in [-0.05, 0) is 44.2 Å². The predicted molar refractivity (Wildman–Crippen MR) is 78.8 cm³/mol. The van der Waals surface area contributed by atoms with Gasteiger partial charge in [-0.1, -0.05) is 6.07 Å². The summed E-state index contributed by atoms with van der Waals surface area (Å²) in [6.07, 6.45) is 7.12. The number of ether oxygens (including phenoxy) is 1. The highest BCUT2D eigenvalue weighted by atomic mass is 19.1. The number of hydrogen-bond acceptors (Lipinski definition) is 3. The summed E-state index contributed by atoms with van der Waals surface area (Å²) in [6.45, 7) is 1.50. The fourth-order valence-corrected chi connectivity index (χ4v) is 2.84. The molecule has 1 saturated heterocycles. The molecule has 1 aliphatic heterocycles. The summed E-state index contributed by atoms with van der Waals surface area (Å²) in [4.78, 5) is 16.3. The molecule has 0 bridgehead atoms. The van der Waals surface area contributed by atoms with Crippen LogP contribution < -0.4 is 5.56 Å². The maximum atomic E-state index is 13.6. The summed E-state index contributed by atoms with van der Waals surface area (Å²) in [5.74, 6) is -0.449. The lowest BCUT2D eigenvalue weighted by molar-refractivity contribution is 0.102. The van der Waals surface area contributed by atoms with E-state index in [0.29, 0.717) is 18.0 Å². The molecule has 0 amide bonds. The van der Waals surface area contributed by atoms with Crippen molar-refractivity contribution in [1.29, 1.82) is 0 Å². The highest BCUT2D eigenvalue weighted by Gasteiger charge is 2.14. The SMILES string of the molecule is O=c1c2cccc(F)c2ncn1CCCCC1CCCO1. The van der Waals surface area contributed by atoms with Crippen LogP contribution in [0.2, 0.25) is 0 Å². The Morgan fingerprint density at radius 2 is 2.29 bits per heavy atom. The van der Waals surface area contributed by atoms with Gasteiger partial charge in [0.05, 0.1) is 17.8 Å². The van der Waals surface area contributed by atoms with Crippen molar-refractivity contribution in [3.63, 3.8) is 0 Å². The quantitative estimate of drug-likeness (QED) is 0.795. The lowest BCUT2D eigenvalue weighted by atomic mass is 10.1. The van der Waals surface area contributed by atoms with Crippen molar-refractivity contribution < 1.29 is 9.13 Å². The van der Waals surface area contributed by atoms with Gasteiger partial charge in [0.15, 0.2) is 0 Å². The van der Waals surface area contributed by atoms with Gasteiger partial charge < -0.3 is 4.74 Å². The van der Waals surface area contributed by atoms with Gasteiger partial charge in [0.2, 0.25) is 0 Å². The molecule has 0 radical (unpaired) electrons. The molecule has 2 aromatic rings. The Balaban J connectivity index is 1.64. The second-order valence-corrected chi connectivity index (χ2v) is 5.51. The number of nitrogens with zero attached hydrogens (tertiary/aromatic N) is 2. The monoisotopic (exact) mass is 290 g/mol. The Bertz CT molecular complexity index is 678. The second kappa shape index (κ2) is 6.35. The van der Waals surface area contributed by atoms with E-state index in [-0.39, 0.29) is 11.1 Å². The fraction of sp³-hybridized carbons (Fsp3) is 0.500. The fourth-order valence-electron chi connectivity index (χ4n) is 2.84. The summed E-state index contributed by atoms with van der Waals surface area (Å²) in [5, 5.41) is 0.344. The van der Waals surface area contributed by atoms with Gasteiger partial charge in [0.1, 0.15) is 11.3 Å². The number of fused-ring (bicyclic) bond motifs is 1. The van der Waals surface area contributed by atoms with E-state index in [1.54, 1.807) is 16.7 Å². The number of unbranched alkanes of at least 4 members (excludes halogenated alkanes) is 1. The summed E-state index contributed by atoms with van der Waals surface area (Å²) in [5.41, 5.74) is -0.0188.